The molecule has 1 aromatic heterocycles. The number of rotatable bonds is 4. The lowest BCUT2D eigenvalue weighted by molar-refractivity contribution is -0.0754. The van der Waals surface area contributed by atoms with Crippen molar-refractivity contribution in [2.45, 2.75) is 32.9 Å². The first-order valence-corrected chi connectivity index (χ1v) is 5.54. The number of carbonyl (C=O) groups is 1. The highest BCUT2D eigenvalue weighted by Crippen LogP contribution is 2.14. The summed E-state index contributed by atoms with van der Waals surface area (Å²) in [5.74, 6) is -0.394. The summed E-state index contributed by atoms with van der Waals surface area (Å²) < 4.78 is 0. The van der Waals surface area contributed by atoms with E-state index >= 15 is 0 Å². The molecular weight excluding hydrogens is 212 g/mol. The van der Waals surface area contributed by atoms with E-state index in [9.17, 15) is 4.79 Å². The van der Waals surface area contributed by atoms with Crippen LogP contribution in [0.5, 0.6) is 0 Å². The molecule has 5 heteroatoms. The highest BCUT2D eigenvalue weighted by molar-refractivity contribution is 7.10. The molecule has 15 heavy (non-hydrogen) atoms. The predicted octanol–water partition coefficient (Wildman–Crippen LogP) is 1.67. The van der Waals surface area contributed by atoms with Crippen molar-refractivity contribution in [3.05, 3.63) is 21.9 Å². The first kappa shape index (κ1) is 12.2. The topological polar surface area (TPSA) is 64.3 Å². The number of hydrogen-bond donors (Lipinski definition) is 2. The Labute approximate surface area is 93.4 Å². The van der Waals surface area contributed by atoms with Crippen LogP contribution >= 0.6 is 11.3 Å². The third-order valence-electron chi connectivity index (χ3n) is 1.56. The molecule has 0 atom stereocenters. The largest absolute Gasteiger partial charge is 0.366 e. The Balaban J connectivity index is 2.41. The molecule has 1 amide bonds. The Kier molecular flexibility index (Phi) is 3.84. The van der Waals surface area contributed by atoms with Crippen LogP contribution in [-0.4, -0.2) is 11.5 Å². The molecule has 0 unspecified atom stereocenters. The Morgan fingerprint density at radius 3 is 2.73 bits per heavy atom. The normalized spacial score (nSPS) is 11.7. The first-order chi connectivity index (χ1) is 6.88. The van der Waals surface area contributed by atoms with E-state index in [4.69, 9.17) is 10.6 Å². The van der Waals surface area contributed by atoms with Crippen molar-refractivity contribution in [2.24, 2.45) is 5.73 Å². The molecule has 0 spiro atoms. The Hall–Kier alpha value is -0.910. The summed E-state index contributed by atoms with van der Waals surface area (Å²) in [6.07, 6.45) is 0. The number of nitrogens with two attached hydrogens (primary N) is 1. The van der Waals surface area contributed by atoms with Gasteiger partial charge in [-0.1, -0.05) is 0 Å². The highest BCUT2D eigenvalue weighted by atomic mass is 32.1. The standard InChI is InChI=1S/C10H16N2O2S/c1-10(2,3)14-12-5-8-4-7(6-15-8)9(11)13/h4,6,12H,5H2,1-3H3,(H2,11,13). The Morgan fingerprint density at radius 1 is 1.60 bits per heavy atom. The van der Waals surface area contributed by atoms with E-state index in [0.29, 0.717) is 12.1 Å². The number of hydroxylamine groups is 1. The zero-order valence-electron chi connectivity index (χ0n) is 9.16. The molecule has 0 aromatic carbocycles. The second-order valence-electron chi connectivity index (χ2n) is 4.20. The minimum Gasteiger partial charge on any atom is -0.366 e. The van der Waals surface area contributed by atoms with Crippen molar-refractivity contribution in [1.29, 1.82) is 0 Å². The van der Waals surface area contributed by atoms with Crippen LogP contribution in [0, 0.1) is 0 Å². The molecule has 4 nitrogen and oxygen atoms in total. The lowest BCUT2D eigenvalue weighted by atomic mass is 10.2. The third kappa shape index (κ3) is 4.42. The van der Waals surface area contributed by atoms with Crippen molar-refractivity contribution in [3.63, 3.8) is 0 Å². The summed E-state index contributed by atoms with van der Waals surface area (Å²) >= 11 is 1.49. The Bertz CT molecular complexity index is 341. The van der Waals surface area contributed by atoms with Crippen LogP contribution in [0.3, 0.4) is 0 Å². The number of carbonyl (C=O) groups excluding carboxylic acids is 1. The Morgan fingerprint density at radius 2 is 2.27 bits per heavy atom. The first-order valence-electron chi connectivity index (χ1n) is 4.66. The minimum atomic E-state index is -0.394. The van der Waals surface area contributed by atoms with Gasteiger partial charge in [-0.15, -0.1) is 11.3 Å². The monoisotopic (exact) mass is 228 g/mol. The van der Waals surface area contributed by atoms with Crippen LogP contribution in [0.25, 0.3) is 0 Å². The van der Waals surface area contributed by atoms with Crippen molar-refractivity contribution in [1.82, 2.24) is 5.48 Å². The van der Waals surface area contributed by atoms with E-state index in [-0.39, 0.29) is 5.60 Å². The quantitative estimate of drug-likeness (QED) is 0.770. The molecule has 0 radical (unpaired) electrons. The van der Waals surface area contributed by atoms with Crippen molar-refractivity contribution < 1.29 is 9.63 Å². The lowest BCUT2D eigenvalue weighted by Crippen LogP contribution is -2.28. The summed E-state index contributed by atoms with van der Waals surface area (Å²) in [7, 11) is 0. The van der Waals surface area contributed by atoms with Gasteiger partial charge < -0.3 is 5.73 Å². The molecular formula is C10H16N2O2S. The molecule has 84 valence electrons. The molecule has 0 bridgehead atoms. The molecule has 3 N–H and O–H groups in total. The number of primary amides is 1. The third-order valence-corrected chi connectivity index (χ3v) is 2.50. The van der Waals surface area contributed by atoms with E-state index in [0.717, 1.165) is 4.88 Å². The fourth-order valence-corrected chi connectivity index (χ4v) is 1.73. The maximum atomic E-state index is 10.8. The van der Waals surface area contributed by atoms with Crippen LogP contribution in [0.2, 0.25) is 0 Å². The van der Waals surface area contributed by atoms with E-state index in [1.165, 1.54) is 11.3 Å². The smallest absolute Gasteiger partial charge is 0.249 e. The maximum Gasteiger partial charge on any atom is 0.249 e. The summed E-state index contributed by atoms with van der Waals surface area (Å²) in [5, 5.41) is 1.75. The van der Waals surface area contributed by atoms with Gasteiger partial charge in [-0.2, -0.15) is 5.48 Å². The van der Waals surface area contributed by atoms with Crippen LogP contribution in [0.4, 0.5) is 0 Å². The molecule has 0 aliphatic rings. The second kappa shape index (κ2) is 4.74. The van der Waals surface area contributed by atoms with Gasteiger partial charge in [0.2, 0.25) is 5.91 Å². The fourth-order valence-electron chi connectivity index (χ4n) is 0.926. The van der Waals surface area contributed by atoms with Gasteiger partial charge in [0.25, 0.3) is 0 Å². The van der Waals surface area contributed by atoms with Crippen LogP contribution in [0.15, 0.2) is 11.4 Å². The molecule has 0 saturated heterocycles. The van der Waals surface area contributed by atoms with E-state index in [1.54, 1.807) is 11.4 Å². The molecule has 1 heterocycles. The molecule has 0 fully saturated rings. The number of thiophene rings is 1. The molecule has 1 rings (SSSR count). The van der Waals surface area contributed by atoms with E-state index in [2.05, 4.69) is 5.48 Å². The zero-order chi connectivity index (χ0) is 11.5. The zero-order valence-corrected chi connectivity index (χ0v) is 9.98. The van der Waals surface area contributed by atoms with Crippen LogP contribution in [0.1, 0.15) is 36.0 Å². The van der Waals surface area contributed by atoms with Crippen LogP contribution < -0.4 is 11.2 Å². The molecule has 0 aliphatic heterocycles. The average molecular weight is 228 g/mol. The predicted molar refractivity (Wildman–Crippen MR) is 60.5 cm³/mol. The van der Waals surface area contributed by atoms with Crippen molar-refractivity contribution >= 4 is 17.2 Å². The van der Waals surface area contributed by atoms with E-state index in [1.807, 2.05) is 20.8 Å². The molecule has 0 saturated carbocycles. The second-order valence-corrected chi connectivity index (χ2v) is 5.20. The van der Waals surface area contributed by atoms with Gasteiger partial charge >= 0.3 is 0 Å². The fraction of sp³-hybridized carbons (Fsp3) is 0.500. The minimum absolute atomic E-state index is 0.218. The summed E-state index contributed by atoms with van der Waals surface area (Å²) in [4.78, 5) is 17.2. The van der Waals surface area contributed by atoms with Gasteiger partial charge in [-0.25, -0.2) is 0 Å². The van der Waals surface area contributed by atoms with Gasteiger partial charge in [0.05, 0.1) is 17.7 Å². The molecule has 1 aromatic rings. The summed E-state index contributed by atoms with van der Waals surface area (Å²) in [6.45, 7) is 6.46. The van der Waals surface area contributed by atoms with Gasteiger partial charge in [0.15, 0.2) is 0 Å². The summed E-state index contributed by atoms with van der Waals surface area (Å²) in [5.41, 5.74) is 8.32. The van der Waals surface area contributed by atoms with Gasteiger partial charge in [0.1, 0.15) is 0 Å². The lowest BCUT2D eigenvalue weighted by Gasteiger charge is -2.18. The average Bonchev–Trinajstić information content (AvgIpc) is 2.50. The number of hydrogen-bond acceptors (Lipinski definition) is 4. The van der Waals surface area contributed by atoms with E-state index < -0.39 is 5.91 Å². The number of nitrogens with one attached hydrogen (secondary N) is 1. The van der Waals surface area contributed by atoms with Crippen molar-refractivity contribution in [3.8, 4) is 0 Å². The van der Waals surface area contributed by atoms with Gasteiger partial charge in [0, 0.05) is 10.3 Å². The van der Waals surface area contributed by atoms with Crippen molar-refractivity contribution in [2.75, 3.05) is 0 Å². The van der Waals surface area contributed by atoms with Gasteiger partial charge in [-0.05, 0) is 26.8 Å². The maximum absolute atomic E-state index is 10.8. The van der Waals surface area contributed by atoms with Crippen LogP contribution in [-0.2, 0) is 11.4 Å². The van der Waals surface area contributed by atoms with Gasteiger partial charge in [-0.3, -0.25) is 9.63 Å². The molecule has 0 aliphatic carbocycles. The highest BCUT2D eigenvalue weighted by Gasteiger charge is 2.10. The summed E-state index contributed by atoms with van der Waals surface area (Å²) in [6, 6.07) is 1.77. The SMILES string of the molecule is CC(C)(C)ONCc1cc(C(N)=O)cs1. The number of amides is 1.